The van der Waals surface area contributed by atoms with E-state index in [4.69, 9.17) is 0 Å². The number of carbonyl (C=O) groups excluding carboxylic acids is 1. The molecule has 0 radical (unpaired) electrons. The Hall–Kier alpha value is -1.56. The quantitative estimate of drug-likeness (QED) is 0.901. The summed E-state index contributed by atoms with van der Waals surface area (Å²) in [5.41, 5.74) is 2.85. The van der Waals surface area contributed by atoms with Crippen LogP contribution >= 0.6 is 15.9 Å². The molecule has 0 unspecified atom stereocenters. The van der Waals surface area contributed by atoms with Crippen LogP contribution in [0.25, 0.3) is 0 Å². The van der Waals surface area contributed by atoms with Gasteiger partial charge in [-0.05, 0) is 41.3 Å². The first-order valence-corrected chi connectivity index (χ1v) is 8.04. The Morgan fingerprint density at radius 1 is 1.48 bits per heavy atom. The van der Waals surface area contributed by atoms with Gasteiger partial charge in [0.15, 0.2) is 0 Å². The number of halogens is 1. The van der Waals surface area contributed by atoms with E-state index in [1.165, 1.54) is 0 Å². The molecule has 0 spiro atoms. The second kappa shape index (κ2) is 5.67. The van der Waals surface area contributed by atoms with Gasteiger partial charge in [0, 0.05) is 42.1 Å². The number of amides is 1. The third-order valence-electron chi connectivity index (χ3n) is 3.75. The lowest BCUT2D eigenvalue weighted by Gasteiger charge is -2.08. The third kappa shape index (κ3) is 3.05. The second-order valence-electron chi connectivity index (χ2n) is 5.49. The first kappa shape index (κ1) is 14.4. The van der Waals surface area contributed by atoms with Gasteiger partial charge in [0.25, 0.3) is 5.91 Å². The predicted octanol–water partition coefficient (Wildman–Crippen LogP) is 2.81. The molecular weight excluding hydrogens is 332 g/mol. The molecule has 1 aliphatic carbocycles. The number of aryl methyl sites for hydroxylation is 2. The summed E-state index contributed by atoms with van der Waals surface area (Å²) >= 11 is 3.46. The third-order valence-corrected chi connectivity index (χ3v) is 4.19. The largest absolute Gasteiger partial charge is 0.347 e. The summed E-state index contributed by atoms with van der Waals surface area (Å²) in [5.74, 6) is -0.0292. The maximum Gasteiger partial charge on any atom is 0.268 e. The van der Waals surface area contributed by atoms with Gasteiger partial charge in [-0.1, -0.05) is 6.92 Å². The van der Waals surface area contributed by atoms with Crippen molar-refractivity contribution in [1.82, 2.24) is 19.7 Å². The highest BCUT2D eigenvalue weighted by molar-refractivity contribution is 9.10. The highest BCUT2D eigenvalue weighted by Gasteiger charge is 2.27. The van der Waals surface area contributed by atoms with Crippen molar-refractivity contribution in [2.45, 2.75) is 38.8 Å². The van der Waals surface area contributed by atoms with Crippen molar-refractivity contribution in [3.63, 3.8) is 0 Å². The monoisotopic (exact) mass is 350 g/mol. The molecule has 0 atom stereocenters. The van der Waals surface area contributed by atoms with Crippen molar-refractivity contribution in [1.29, 1.82) is 0 Å². The molecule has 112 valence electrons. The zero-order chi connectivity index (χ0) is 15.0. The molecule has 2 aromatic rings. The molecule has 21 heavy (non-hydrogen) atoms. The summed E-state index contributed by atoms with van der Waals surface area (Å²) in [6.07, 6.45) is 7.15. The Bertz CT molecular complexity index is 669. The number of aromatic nitrogens is 3. The number of nitrogens with zero attached hydrogens (tertiary/aromatic N) is 3. The van der Waals surface area contributed by atoms with Gasteiger partial charge >= 0.3 is 0 Å². The van der Waals surface area contributed by atoms with Gasteiger partial charge < -0.3 is 9.88 Å². The van der Waals surface area contributed by atoms with Crippen molar-refractivity contribution < 1.29 is 4.79 Å². The summed E-state index contributed by atoms with van der Waals surface area (Å²) in [6, 6.07) is 2.37. The molecule has 1 amide bonds. The van der Waals surface area contributed by atoms with E-state index < -0.39 is 0 Å². The number of hydrogen-bond donors (Lipinski definition) is 1. The molecule has 0 aliphatic heterocycles. The molecule has 5 nitrogen and oxygen atoms in total. The fourth-order valence-electron chi connectivity index (χ4n) is 2.58. The van der Waals surface area contributed by atoms with Crippen LogP contribution in [0.5, 0.6) is 0 Å². The molecule has 1 N–H and O–H groups in total. The van der Waals surface area contributed by atoms with Gasteiger partial charge in [0.05, 0.1) is 5.69 Å². The van der Waals surface area contributed by atoms with Crippen LogP contribution in [-0.4, -0.2) is 20.3 Å². The Balaban J connectivity index is 1.71. The first-order chi connectivity index (χ1) is 10.1. The Morgan fingerprint density at radius 2 is 2.24 bits per heavy atom. The normalized spacial score (nSPS) is 14.4. The maximum absolute atomic E-state index is 12.4. The summed E-state index contributed by atoms with van der Waals surface area (Å²) in [6.45, 7) is 2.59. The van der Waals surface area contributed by atoms with E-state index in [1.54, 1.807) is 4.68 Å². The van der Waals surface area contributed by atoms with Gasteiger partial charge in [-0.25, -0.2) is 0 Å². The highest BCUT2D eigenvalue weighted by Crippen LogP contribution is 2.37. The van der Waals surface area contributed by atoms with Crippen LogP contribution in [0.15, 0.2) is 22.9 Å². The van der Waals surface area contributed by atoms with Crippen LogP contribution in [-0.2, 0) is 20.0 Å². The summed E-state index contributed by atoms with van der Waals surface area (Å²) in [7, 11) is 1.90. The average molecular weight is 351 g/mol. The first-order valence-electron chi connectivity index (χ1n) is 7.25. The van der Waals surface area contributed by atoms with E-state index in [1.807, 2.05) is 25.5 Å². The Morgan fingerprint density at radius 3 is 2.90 bits per heavy atom. The zero-order valence-electron chi connectivity index (χ0n) is 12.3. The minimum atomic E-state index is -0.0292. The molecule has 0 saturated heterocycles. The minimum absolute atomic E-state index is 0.0292. The standard InChI is InChI=1S/C15H19BrN4O/c1-3-13-10(8-19(2)18-13)7-17-15(21)14-6-11(16)9-20(14)12-4-5-12/h6,8-9,12H,3-5,7H2,1-2H3,(H,17,21). The lowest BCUT2D eigenvalue weighted by atomic mass is 10.2. The molecule has 0 bridgehead atoms. The van der Waals surface area contributed by atoms with E-state index in [0.717, 1.165) is 40.7 Å². The maximum atomic E-state index is 12.4. The molecule has 1 saturated carbocycles. The molecule has 6 heteroatoms. The van der Waals surface area contributed by atoms with Crippen LogP contribution in [0, 0.1) is 0 Å². The number of carbonyl (C=O) groups is 1. The van der Waals surface area contributed by atoms with Crippen molar-refractivity contribution in [3.8, 4) is 0 Å². The lowest BCUT2D eigenvalue weighted by Crippen LogP contribution is -2.25. The predicted molar refractivity (Wildman–Crippen MR) is 84.2 cm³/mol. The molecule has 2 heterocycles. The summed E-state index contributed by atoms with van der Waals surface area (Å²) < 4.78 is 4.82. The topological polar surface area (TPSA) is 51.9 Å². The molecule has 2 aromatic heterocycles. The Labute approximate surface area is 132 Å². The van der Waals surface area contributed by atoms with Crippen LogP contribution in [0.2, 0.25) is 0 Å². The molecule has 3 rings (SSSR count). The van der Waals surface area contributed by atoms with Crippen molar-refractivity contribution >= 4 is 21.8 Å². The number of nitrogens with one attached hydrogen (secondary N) is 1. The van der Waals surface area contributed by atoms with Crippen LogP contribution in [0.1, 0.15) is 47.6 Å². The number of hydrogen-bond acceptors (Lipinski definition) is 2. The van der Waals surface area contributed by atoms with Gasteiger partial charge in [0.2, 0.25) is 0 Å². The van der Waals surface area contributed by atoms with Gasteiger partial charge in [-0.2, -0.15) is 5.10 Å². The van der Waals surface area contributed by atoms with Crippen LogP contribution in [0.3, 0.4) is 0 Å². The minimum Gasteiger partial charge on any atom is -0.347 e. The average Bonchev–Trinajstić information content (AvgIpc) is 3.13. The van der Waals surface area contributed by atoms with E-state index in [9.17, 15) is 4.79 Å². The highest BCUT2D eigenvalue weighted by atomic mass is 79.9. The lowest BCUT2D eigenvalue weighted by molar-refractivity contribution is 0.0941. The summed E-state index contributed by atoms with van der Waals surface area (Å²) in [4.78, 5) is 12.4. The second-order valence-corrected chi connectivity index (χ2v) is 6.41. The van der Waals surface area contributed by atoms with Crippen molar-refractivity contribution in [2.24, 2.45) is 7.05 Å². The SMILES string of the molecule is CCc1nn(C)cc1CNC(=O)c1cc(Br)cn1C1CC1. The van der Waals surface area contributed by atoms with E-state index in [-0.39, 0.29) is 5.91 Å². The molecular formula is C15H19BrN4O. The van der Waals surface area contributed by atoms with Crippen LogP contribution in [0.4, 0.5) is 0 Å². The van der Waals surface area contributed by atoms with Crippen molar-refractivity contribution in [2.75, 3.05) is 0 Å². The Kier molecular flexibility index (Phi) is 3.89. The molecule has 1 aliphatic rings. The molecule has 1 fully saturated rings. The van der Waals surface area contributed by atoms with Gasteiger partial charge in [-0.3, -0.25) is 9.48 Å². The summed E-state index contributed by atoms with van der Waals surface area (Å²) in [5, 5.41) is 7.40. The molecule has 0 aromatic carbocycles. The van der Waals surface area contributed by atoms with E-state index in [0.29, 0.717) is 12.6 Å². The van der Waals surface area contributed by atoms with Crippen LogP contribution < -0.4 is 5.32 Å². The van der Waals surface area contributed by atoms with E-state index >= 15 is 0 Å². The zero-order valence-corrected chi connectivity index (χ0v) is 13.9. The van der Waals surface area contributed by atoms with Gasteiger partial charge in [0.1, 0.15) is 5.69 Å². The fraction of sp³-hybridized carbons (Fsp3) is 0.467. The van der Waals surface area contributed by atoms with Crippen molar-refractivity contribution in [3.05, 3.63) is 39.9 Å². The van der Waals surface area contributed by atoms with E-state index in [2.05, 4.69) is 37.8 Å². The smallest absolute Gasteiger partial charge is 0.268 e. The number of rotatable bonds is 5. The van der Waals surface area contributed by atoms with Gasteiger partial charge in [-0.15, -0.1) is 0 Å². The fourth-order valence-corrected chi connectivity index (χ4v) is 3.01.